The number of aliphatic hydroxyl groups excluding tert-OH is 1. The second-order valence-electron chi connectivity index (χ2n) is 7.42. The molecule has 25 heavy (non-hydrogen) atoms. The predicted octanol–water partition coefficient (Wildman–Crippen LogP) is 2.51. The van der Waals surface area contributed by atoms with E-state index in [1.165, 1.54) is 0 Å². The highest BCUT2D eigenvalue weighted by molar-refractivity contribution is 5.94. The quantitative estimate of drug-likeness (QED) is 0.911. The summed E-state index contributed by atoms with van der Waals surface area (Å²) in [5, 5.41) is 14.8. The minimum Gasteiger partial charge on any atom is -0.391 e. The molecule has 5 heteroatoms. The summed E-state index contributed by atoms with van der Waals surface area (Å²) in [7, 11) is 1.77. The van der Waals surface area contributed by atoms with Crippen molar-refractivity contribution < 1.29 is 9.90 Å². The number of nitrogens with zero attached hydrogens (tertiary/aromatic N) is 3. The first kappa shape index (κ1) is 16.3. The first-order valence-corrected chi connectivity index (χ1v) is 9.16. The Hall–Kier alpha value is -2.14. The van der Waals surface area contributed by atoms with Gasteiger partial charge in [0, 0.05) is 24.8 Å². The minimum atomic E-state index is -0.416. The van der Waals surface area contributed by atoms with E-state index in [0.717, 1.165) is 54.6 Å². The summed E-state index contributed by atoms with van der Waals surface area (Å²) < 4.78 is 1.95. The van der Waals surface area contributed by atoms with Crippen molar-refractivity contribution in [2.45, 2.75) is 45.1 Å². The standard InChI is InChI=1S/C20H25N3O2/c1-13-6-3-4-8-16(13)23-17-9-5-7-15(17)19(21-23)20(25)22(2)12-18(24)14-10-11-14/h3-4,6,8,14,18,24H,5,7,9-12H2,1-2H3/t18-/m0/s1. The van der Waals surface area contributed by atoms with Crippen LogP contribution in [-0.2, 0) is 12.8 Å². The summed E-state index contributed by atoms with van der Waals surface area (Å²) in [6.45, 7) is 2.45. The van der Waals surface area contributed by atoms with Crippen molar-refractivity contribution in [1.82, 2.24) is 14.7 Å². The number of amides is 1. The number of fused-ring (bicyclic) bond motifs is 1. The van der Waals surface area contributed by atoms with Crippen LogP contribution in [0.25, 0.3) is 5.69 Å². The Labute approximate surface area is 148 Å². The molecule has 1 atom stereocenters. The normalized spacial score (nSPS) is 17.4. The zero-order valence-corrected chi connectivity index (χ0v) is 14.9. The zero-order chi connectivity index (χ0) is 17.6. The molecule has 0 radical (unpaired) electrons. The van der Waals surface area contributed by atoms with E-state index >= 15 is 0 Å². The molecule has 132 valence electrons. The molecule has 1 saturated carbocycles. The highest BCUT2D eigenvalue weighted by Crippen LogP contribution is 2.33. The molecule has 0 saturated heterocycles. The van der Waals surface area contributed by atoms with Gasteiger partial charge in [0.25, 0.3) is 5.91 Å². The lowest BCUT2D eigenvalue weighted by Crippen LogP contribution is -2.35. The number of hydrogen-bond donors (Lipinski definition) is 1. The lowest BCUT2D eigenvalue weighted by molar-refractivity contribution is 0.0639. The van der Waals surface area contributed by atoms with Crippen LogP contribution in [0.4, 0.5) is 0 Å². The maximum atomic E-state index is 13.0. The van der Waals surface area contributed by atoms with E-state index in [9.17, 15) is 9.90 Å². The second kappa shape index (κ2) is 6.30. The maximum absolute atomic E-state index is 13.0. The Kier molecular flexibility index (Phi) is 4.12. The topological polar surface area (TPSA) is 58.4 Å². The second-order valence-corrected chi connectivity index (χ2v) is 7.42. The molecule has 2 aliphatic rings. The van der Waals surface area contributed by atoms with Crippen molar-refractivity contribution in [3.8, 4) is 5.69 Å². The van der Waals surface area contributed by atoms with Crippen molar-refractivity contribution in [3.05, 3.63) is 46.8 Å². The van der Waals surface area contributed by atoms with E-state index in [1.807, 2.05) is 16.8 Å². The monoisotopic (exact) mass is 339 g/mol. The Morgan fingerprint density at radius 1 is 1.36 bits per heavy atom. The first-order chi connectivity index (χ1) is 12.1. The van der Waals surface area contributed by atoms with Gasteiger partial charge in [-0.25, -0.2) is 4.68 Å². The number of aryl methyl sites for hydroxylation is 1. The highest BCUT2D eigenvalue weighted by atomic mass is 16.3. The molecule has 5 nitrogen and oxygen atoms in total. The molecule has 0 bridgehead atoms. The van der Waals surface area contributed by atoms with Crippen LogP contribution in [0.15, 0.2) is 24.3 Å². The minimum absolute atomic E-state index is 0.0785. The number of carbonyl (C=O) groups excluding carboxylic acids is 1. The lowest BCUT2D eigenvalue weighted by atomic mass is 10.1. The summed E-state index contributed by atoms with van der Waals surface area (Å²) >= 11 is 0. The molecule has 0 spiro atoms. The number of likely N-dealkylation sites (N-methyl/N-ethyl adjacent to an activating group) is 1. The maximum Gasteiger partial charge on any atom is 0.274 e. The van der Waals surface area contributed by atoms with Crippen molar-refractivity contribution >= 4 is 5.91 Å². The van der Waals surface area contributed by atoms with Gasteiger partial charge in [0.05, 0.1) is 11.8 Å². The number of aromatic nitrogens is 2. The molecular formula is C20H25N3O2. The van der Waals surface area contributed by atoms with Gasteiger partial charge in [-0.2, -0.15) is 5.10 Å². The van der Waals surface area contributed by atoms with Crippen molar-refractivity contribution in [1.29, 1.82) is 0 Å². The third-order valence-electron chi connectivity index (χ3n) is 5.45. The summed E-state index contributed by atoms with van der Waals surface area (Å²) in [4.78, 5) is 14.6. The predicted molar refractivity (Wildman–Crippen MR) is 96.0 cm³/mol. The van der Waals surface area contributed by atoms with Crippen LogP contribution in [0.1, 0.15) is 46.6 Å². The Bertz CT molecular complexity index is 807. The van der Waals surface area contributed by atoms with Crippen LogP contribution in [0.2, 0.25) is 0 Å². The Balaban J connectivity index is 1.65. The van der Waals surface area contributed by atoms with Gasteiger partial charge in [0.15, 0.2) is 5.69 Å². The number of para-hydroxylation sites is 1. The van der Waals surface area contributed by atoms with Crippen molar-refractivity contribution in [2.75, 3.05) is 13.6 Å². The van der Waals surface area contributed by atoms with Crippen molar-refractivity contribution in [3.63, 3.8) is 0 Å². The molecule has 1 heterocycles. The molecule has 1 amide bonds. The molecule has 1 aromatic heterocycles. The van der Waals surface area contributed by atoms with Gasteiger partial charge in [-0.1, -0.05) is 18.2 Å². The van der Waals surface area contributed by atoms with E-state index in [1.54, 1.807) is 11.9 Å². The number of benzene rings is 1. The van der Waals surface area contributed by atoms with Crippen LogP contribution in [0.5, 0.6) is 0 Å². The zero-order valence-electron chi connectivity index (χ0n) is 14.9. The summed E-state index contributed by atoms with van der Waals surface area (Å²) in [6, 6.07) is 8.14. The molecule has 4 rings (SSSR count). The first-order valence-electron chi connectivity index (χ1n) is 9.16. The molecule has 1 N–H and O–H groups in total. The van der Waals surface area contributed by atoms with Crippen LogP contribution >= 0.6 is 0 Å². The van der Waals surface area contributed by atoms with E-state index in [0.29, 0.717) is 18.2 Å². The van der Waals surface area contributed by atoms with Crippen molar-refractivity contribution in [2.24, 2.45) is 5.92 Å². The Morgan fingerprint density at radius 3 is 2.84 bits per heavy atom. The van der Waals surface area contributed by atoms with Crippen LogP contribution in [0, 0.1) is 12.8 Å². The van der Waals surface area contributed by atoms with Gasteiger partial charge in [0.2, 0.25) is 0 Å². The number of hydrogen-bond acceptors (Lipinski definition) is 3. The van der Waals surface area contributed by atoms with E-state index in [4.69, 9.17) is 5.10 Å². The summed E-state index contributed by atoms with van der Waals surface area (Å²) in [6.07, 6.45) is 4.65. The van der Waals surface area contributed by atoms with Crippen LogP contribution < -0.4 is 0 Å². The Morgan fingerprint density at radius 2 is 2.12 bits per heavy atom. The van der Waals surface area contributed by atoms with Gasteiger partial charge in [-0.05, 0) is 56.6 Å². The lowest BCUT2D eigenvalue weighted by Gasteiger charge is -2.20. The number of aliphatic hydroxyl groups is 1. The SMILES string of the molecule is Cc1ccccc1-n1nc(C(=O)N(C)C[C@H](O)C2CC2)c2c1CCC2. The molecule has 2 aromatic rings. The molecule has 1 aromatic carbocycles. The summed E-state index contributed by atoms with van der Waals surface area (Å²) in [5.74, 6) is 0.288. The molecule has 2 aliphatic carbocycles. The molecular weight excluding hydrogens is 314 g/mol. The largest absolute Gasteiger partial charge is 0.391 e. The van der Waals surface area contributed by atoms with Gasteiger partial charge in [-0.3, -0.25) is 4.79 Å². The highest BCUT2D eigenvalue weighted by Gasteiger charge is 2.33. The van der Waals surface area contributed by atoms with Gasteiger partial charge in [-0.15, -0.1) is 0 Å². The van der Waals surface area contributed by atoms with E-state index < -0.39 is 6.10 Å². The third kappa shape index (κ3) is 2.97. The van der Waals surface area contributed by atoms with Crippen LogP contribution in [-0.4, -0.2) is 45.4 Å². The van der Waals surface area contributed by atoms with Gasteiger partial charge in [0.1, 0.15) is 0 Å². The smallest absolute Gasteiger partial charge is 0.274 e. The number of carbonyl (C=O) groups is 1. The average molecular weight is 339 g/mol. The fourth-order valence-electron chi connectivity index (χ4n) is 3.78. The van der Waals surface area contributed by atoms with Crippen LogP contribution in [0.3, 0.4) is 0 Å². The molecule has 0 unspecified atom stereocenters. The van der Waals surface area contributed by atoms with E-state index in [2.05, 4.69) is 19.1 Å². The molecule has 0 aliphatic heterocycles. The molecule has 1 fully saturated rings. The number of rotatable bonds is 5. The fourth-order valence-corrected chi connectivity index (χ4v) is 3.78. The average Bonchev–Trinajstić information content (AvgIpc) is 3.24. The van der Waals surface area contributed by atoms with Gasteiger partial charge >= 0.3 is 0 Å². The third-order valence-corrected chi connectivity index (χ3v) is 5.45. The fraction of sp³-hybridized carbons (Fsp3) is 0.500. The van der Waals surface area contributed by atoms with Gasteiger partial charge < -0.3 is 10.0 Å². The van der Waals surface area contributed by atoms with E-state index in [-0.39, 0.29) is 5.91 Å². The summed E-state index contributed by atoms with van der Waals surface area (Å²) in [5.41, 5.74) is 4.99.